The topological polar surface area (TPSA) is 56.7 Å². The quantitative estimate of drug-likeness (QED) is 0.153. The molecule has 0 atom stereocenters. The van der Waals surface area contributed by atoms with Crippen LogP contribution in [0.4, 0.5) is 0 Å². The second kappa shape index (κ2) is 16.4. The fraction of sp³-hybridized carbons (Fsp3) is 0. The van der Waals surface area contributed by atoms with Crippen LogP contribution < -0.4 is 0 Å². The molecule has 3 aromatic heterocycles. The molecule has 0 amide bonds. The summed E-state index contributed by atoms with van der Waals surface area (Å²) >= 11 is 0. The second-order valence-corrected chi connectivity index (χ2v) is 17.2. The minimum Gasteiger partial charge on any atom is -0.456 e. The van der Waals surface area contributed by atoms with Crippen molar-refractivity contribution in [3.63, 3.8) is 0 Å². The van der Waals surface area contributed by atoms with E-state index in [9.17, 15) is 0 Å². The average molecular weight is 869 g/mol. The molecule has 0 unspecified atom stereocenters. The van der Waals surface area contributed by atoms with Crippen LogP contribution in [-0.2, 0) is 0 Å². The van der Waals surface area contributed by atoms with Crippen molar-refractivity contribution >= 4 is 43.7 Å². The third kappa shape index (κ3) is 6.84. The maximum absolute atomic E-state index is 6.25. The predicted octanol–water partition coefficient (Wildman–Crippen LogP) is 16.5. The van der Waals surface area contributed by atoms with E-state index in [1.165, 1.54) is 21.9 Å². The lowest BCUT2D eigenvalue weighted by Crippen LogP contribution is -2.04. The first kappa shape index (κ1) is 39.2. The molecule has 0 aliphatic carbocycles. The number of hydrogen-bond donors (Lipinski definition) is 0. The third-order valence-corrected chi connectivity index (χ3v) is 13.1. The van der Waals surface area contributed by atoms with Crippen molar-refractivity contribution in [1.29, 1.82) is 0 Å². The summed E-state index contributed by atoms with van der Waals surface area (Å²) in [5.41, 5.74) is 16.5. The Morgan fingerprint density at radius 3 is 1.34 bits per heavy atom. The second-order valence-electron chi connectivity index (χ2n) is 17.2. The van der Waals surface area contributed by atoms with Crippen molar-refractivity contribution in [2.24, 2.45) is 0 Å². The molecule has 0 aliphatic rings. The molecule has 10 aromatic carbocycles. The van der Waals surface area contributed by atoms with Crippen LogP contribution in [0.5, 0.6) is 0 Å². The molecule has 13 aromatic rings. The lowest BCUT2D eigenvalue weighted by atomic mass is 9.92. The molecule has 5 heteroatoms. The number of furan rings is 1. The third-order valence-electron chi connectivity index (χ3n) is 13.1. The highest BCUT2D eigenvalue weighted by molar-refractivity contribution is 6.12. The number of benzene rings is 10. The van der Waals surface area contributed by atoms with E-state index in [1.54, 1.807) is 0 Å². The summed E-state index contributed by atoms with van der Waals surface area (Å²) in [5.74, 6) is 1.74. The monoisotopic (exact) mass is 868 g/mol. The molecule has 318 valence electrons. The van der Waals surface area contributed by atoms with Crippen LogP contribution in [0.2, 0.25) is 0 Å². The van der Waals surface area contributed by atoms with Crippen LogP contribution in [0.25, 0.3) is 128 Å². The summed E-state index contributed by atoms with van der Waals surface area (Å²) in [6, 6.07) is 85.4. The van der Waals surface area contributed by atoms with Gasteiger partial charge >= 0.3 is 0 Å². The molecule has 0 saturated heterocycles. The molecular weight excluding hydrogens is 829 g/mol. The van der Waals surface area contributed by atoms with Crippen LogP contribution >= 0.6 is 0 Å². The van der Waals surface area contributed by atoms with Crippen molar-refractivity contribution in [3.05, 3.63) is 243 Å². The Bertz CT molecular complexity index is 3930. The van der Waals surface area contributed by atoms with Gasteiger partial charge in [-0.3, -0.25) is 0 Å². The van der Waals surface area contributed by atoms with E-state index < -0.39 is 0 Å². The SMILES string of the molecule is c1ccc(-c2ccc(-c3nc(-c4cc(-c5ccccc5)c(-n5c6ccccc6c6cc(-c7ccccc7)ccc65)c(-c5ccccc5)c4)nc(-c4ccc5oc6ccccc6c5c4)n3)cc2)cc1. The van der Waals surface area contributed by atoms with Crippen molar-refractivity contribution in [2.45, 2.75) is 0 Å². The van der Waals surface area contributed by atoms with Gasteiger partial charge in [0, 0.05) is 49.4 Å². The van der Waals surface area contributed by atoms with E-state index in [4.69, 9.17) is 19.4 Å². The van der Waals surface area contributed by atoms with Gasteiger partial charge in [-0.25, -0.2) is 15.0 Å². The van der Waals surface area contributed by atoms with E-state index in [1.807, 2.05) is 36.4 Å². The highest BCUT2D eigenvalue weighted by Crippen LogP contribution is 2.45. The minimum atomic E-state index is 0.574. The zero-order valence-corrected chi connectivity index (χ0v) is 36.8. The summed E-state index contributed by atoms with van der Waals surface area (Å²) in [6.45, 7) is 0. The average Bonchev–Trinajstić information content (AvgIpc) is 3.96. The molecule has 68 heavy (non-hydrogen) atoms. The standard InChI is InChI=1S/C63H40N4O/c1-5-17-41(18-6-1)43-29-31-46(32-30-43)61-64-62(48-34-36-59-55(38-48)51-26-14-16-28-58(51)68-59)66-63(65-61)49-39-52(44-21-9-3-10-22-44)60(53(40-49)45-23-11-4-12-24-45)67-56-27-15-13-25-50(56)54-37-47(33-35-57(54)67)42-19-7-2-8-20-42/h1-40H. The number of aromatic nitrogens is 4. The fourth-order valence-electron chi connectivity index (χ4n) is 9.77. The first-order valence-corrected chi connectivity index (χ1v) is 22.9. The van der Waals surface area contributed by atoms with E-state index in [-0.39, 0.29) is 0 Å². The fourth-order valence-corrected chi connectivity index (χ4v) is 9.77. The Hall–Kier alpha value is -9.19. The summed E-state index contributed by atoms with van der Waals surface area (Å²) in [7, 11) is 0. The van der Waals surface area contributed by atoms with Gasteiger partial charge in [-0.1, -0.05) is 188 Å². The van der Waals surface area contributed by atoms with Crippen LogP contribution in [-0.4, -0.2) is 19.5 Å². The summed E-state index contributed by atoms with van der Waals surface area (Å²) in [6.07, 6.45) is 0. The molecular formula is C63H40N4O. The normalized spacial score (nSPS) is 11.5. The Labute approximate surface area is 392 Å². The zero-order valence-electron chi connectivity index (χ0n) is 36.8. The van der Waals surface area contributed by atoms with Crippen LogP contribution in [0.3, 0.4) is 0 Å². The van der Waals surface area contributed by atoms with Crippen LogP contribution in [0, 0.1) is 0 Å². The Morgan fingerprint density at radius 2 is 0.691 bits per heavy atom. The Balaban J connectivity index is 1.07. The maximum Gasteiger partial charge on any atom is 0.164 e. The van der Waals surface area contributed by atoms with Crippen LogP contribution in [0.1, 0.15) is 0 Å². The van der Waals surface area contributed by atoms with Gasteiger partial charge in [0.15, 0.2) is 17.5 Å². The molecule has 0 aliphatic heterocycles. The van der Waals surface area contributed by atoms with Gasteiger partial charge in [0.1, 0.15) is 11.2 Å². The first-order chi connectivity index (χ1) is 33.7. The predicted molar refractivity (Wildman–Crippen MR) is 279 cm³/mol. The van der Waals surface area contributed by atoms with Crippen molar-refractivity contribution in [2.75, 3.05) is 0 Å². The van der Waals surface area contributed by atoms with Crippen molar-refractivity contribution in [3.8, 4) is 84.4 Å². The summed E-state index contributed by atoms with van der Waals surface area (Å²) < 4.78 is 8.71. The largest absolute Gasteiger partial charge is 0.456 e. The Morgan fingerprint density at radius 1 is 0.265 bits per heavy atom. The number of nitrogens with zero attached hydrogens (tertiary/aromatic N) is 4. The van der Waals surface area contributed by atoms with Gasteiger partial charge in [0.05, 0.1) is 16.7 Å². The van der Waals surface area contributed by atoms with Gasteiger partial charge in [-0.15, -0.1) is 0 Å². The highest BCUT2D eigenvalue weighted by atomic mass is 16.3. The molecule has 0 bridgehead atoms. The molecule has 13 rings (SSSR count). The van der Waals surface area contributed by atoms with Gasteiger partial charge in [0.25, 0.3) is 0 Å². The maximum atomic E-state index is 6.25. The first-order valence-electron chi connectivity index (χ1n) is 22.9. The zero-order chi connectivity index (χ0) is 45.0. The summed E-state index contributed by atoms with van der Waals surface area (Å²) in [4.78, 5) is 16.0. The van der Waals surface area contributed by atoms with E-state index >= 15 is 0 Å². The van der Waals surface area contributed by atoms with Crippen LogP contribution in [0.15, 0.2) is 247 Å². The molecule has 5 nitrogen and oxygen atoms in total. The molecule has 3 heterocycles. The molecule has 0 spiro atoms. The highest BCUT2D eigenvalue weighted by Gasteiger charge is 2.24. The minimum absolute atomic E-state index is 0.574. The van der Waals surface area contributed by atoms with E-state index in [2.05, 4.69) is 211 Å². The van der Waals surface area contributed by atoms with Gasteiger partial charge in [-0.2, -0.15) is 0 Å². The number of para-hydroxylation sites is 2. The van der Waals surface area contributed by atoms with Crippen molar-refractivity contribution < 1.29 is 4.42 Å². The van der Waals surface area contributed by atoms with Gasteiger partial charge < -0.3 is 8.98 Å². The Kier molecular flexibility index (Phi) is 9.43. The number of rotatable bonds is 8. The number of fused-ring (bicyclic) bond motifs is 6. The molecule has 0 saturated carbocycles. The van der Waals surface area contributed by atoms with Gasteiger partial charge in [0.2, 0.25) is 0 Å². The molecule has 0 fully saturated rings. The molecule has 0 N–H and O–H groups in total. The lowest BCUT2D eigenvalue weighted by Gasteiger charge is -2.21. The number of hydrogen-bond acceptors (Lipinski definition) is 4. The smallest absolute Gasteiger partial charge is 0.164 e. The van der Waals surface area contributed by atoms with E-state index in [0.29, 0.717) is 17.5 Å². The molecule has 0 radical (unpaired) electrons. The van der Waals surface area contributed by atoms with E-state index in [0.717, 1.165) is 88.7 Å². The van der Waals surface area contributed by atoms with Crippen molar-refractivity contribution in [1.82, 2.24) is 19.5 Å². The van der Waals surface area contributed by atoms with Gasteiger partial charge in [-0.05, 0) is 88.0 Å². The summed E-state index contributed by atoms with van der Waals surface area (Å²) in [5, 5.41) is 4.44. The lowest BCUT2D eigenvalue weighted by molar-refractivity contribution is 0.669.